The number of rotatable bonds is 7. The molecule has 4 nitrogen and oxygen atoms in total. The molecule has 0 aliphatic rings. The molecule has 5 heteroatoms. The molecule has 2 aromatic carbocycles. The lowest BCUT2D eigenvalue weighted by atomic mass is 10.3. The van der Waals surface area contributed by atoms with Gasteiger partial charge in [0.05, 0.1) is 0 Å². The molecule has 0 N–H and O–H groups in total. The Morgan fingerprint density at radius 1 is 0.857 bits per heavy atom. The molecule has 0 spiro atoms. The van der Waals surface area contributed by atoms with Gasteiger partial charge in [0.1, 0.15) is 24.7 Å². The van der Waals surface area contributed by atoms with E-state index in [0.29, 0.717) is 12.4 Å². The average molecular weight is 351 g/mol. The van der Waals surface area contributed by atoms with Gasteiger partial charge in [-0.25, -0.2) is 4.79 Å². The van der Waals surface area contributed by atoms with E-state index in [-0.39, 0.29) is 13.2 Å². The van der Waals surface area contributed by atoms with E-state index in [1.807, 2.05) is 42.5 Å². The van der Waals surface area contributed by atoms with Crippen molar-refractivity contribution in [2.24, 2.45) is 0 Å². The third kappa shape index (κ3) is 5.87. The van der Waals surface area contributed by atoms with Gasteiger partial charge in [0.25, 0.3) is 0 Å². The molecule has 0 radical (unpaired) electrons. The summed E-state index contributed by atoms with van der Waals surface area (Å²) in [7, 11) is 0. The lowest BCUT2D eigenvalue weighted by Gasteiger charge is -2.08. The number of ether oxygens (including phenoxy) is 3. The molecule has 0 bridgehead atoms. The van der Waals surface area contributed by atoms with Crippen LogP contribution in [0.3, 0.4) is 0 Å². The second-order valence-corrected chi connectivity index (χ2v) is 5.04. The first-order valence-electron chi connectivity index (χ1n) is 6.46. The minimum Gasteiger partial charge on any atom is -0.490 e. The fourth-order valence-corrected chi connectivity index (χ4v) is 1.81. The van der Waals surface area contributed by atoms with Crippen molar-refractivity contribution >= 4 is 21.9 Å². The number of carbonyl (C=O) groups is 1. The molecule has 0 amide bonds. The molecule has 0 saturated carbocycles. The monoisotopic (exact) mass is 350 g/mol. The number of para-hydroxylation sites is 1. The van der Waals surface area contributed by atoms with E-state index in [4.69, 9.17) is 14.2 Å². The summed E-state index contributed by atoms with van der Waals surface area (Å²) in [6, 6.07) is 16.6. The Hall–Kier alpha value is -2.01. The second kappa shape index (κ2) is 8.32. The lowest BCUT2D eigenvalue weighted by molar-refractivity contribution is -0.146. The van der Waals surface area contributed by atoms with E-state index in [9.17, 15) is 4.79 Å². The number of esters is 1. The molecule has 0 aliphatic heterocycles. The summed E-state index contributed by atoms with van der Waals surface area (Å²) in [4.78, 5) is 11.5. The van der Waals surface area contributed by atoms with Crippen LogP contribution in [0, 0.1) is 0 Å². The zero-order chi connectivity index (χ0) is 14.9. The van der Waals surface area contributed by atoms with E-state index >= 15 is 0 Å². The molecule has 2 aromatic rings. The van der Waals surface area contributed by atoms with Gasteiger partial charge < -0.3 is 14.2 Å². The highest BCUT2D eigenvalue weighted by atomic mass is 79.9. The van der Waals surface area contributed by atoms with Crippen LogP contribution >= 0.6 is 15.9 Å². The summed E-state index contributed by atoms with van der Waals surface area (Å²) in [5.74, 6) is 0.952. The molecule has 0 unspecified atom stereocenters. The van der Waals surface area contributed by atoms with Crippen LogP contribution in [0.15, 0.2) is 59.1 Å². The first kappa shape index (κ1) is 15.4. The quantitative estimate of drug-likeness (QED) is 0.566. The predicted octanol–water partition coefficient (Wildman–Crippen LogP) is 3.45. The van der Waals surface area contributed by atoms with Crippen molar-refractivity contribution in [3.8, 4) is 11.5 Å². The second-order valence-electron chi connectivity index (χ2n) is 4.12. The van der Waals surface area contributed by atoms with Gasteiger partial charge in [0, 0.05) is 4.47 Å². The Bertz CT molecular complexity index is 554. The number of halogens is 1. The summed E-state index contributed by atoms with van der Waals surface area (Å²) in [5, 5.41) is 0. The van der Waals surface area contributed by atoms with Gasteiger partial charge in [-0.1, -0.05) is 34.1 Å². The third-order valence-electron chi connectivity index (χ3n) is 2.53. The summed E-state index contributed by atoms with van der Waals surface area (Å²) >= 11 is 3.34. The van der Waals surface area contributed by atoms with Gasteiger partial charge in [0.2, 0.25) is 0 Å². The fourth-order valence-electron chi connectivity index (χ4n) is 1.55. The maximum Gasteiger partial charge on any atom is 0.344 e. The van der Waals surface area contributed by atoms with Crippen LogP contribution < -0.4 is 9.47 Å². The largest absolute Gasteiger partial charge is 0.490 e. The molecular weight excluding hydrogens is 336 g/mol. The highest BCUT2D eigenvalue weighted by Gasteiger charge is 2.04. The maximum atomic E-state index is 11.5. The summed E-state index contributed by atoms with van der Waals surface area (Å²) < 4.78 is 16.7. The Kier molecular flexibility index (Phi) is 6.09. The van der Waals surface area contributed by atoms with Crippen molar-refractivity contribution in [1.29, 1.82) is 0 Å². The Balaban J connectivity index is 1.60. The average Bonchev–Trinajstić information content (AvgIpc) is 2.52. The van der Waals surface area contributed by atoms with Crippen LogP contribution in [-0.4, -0.2) is 25.8 Å². The van der Waals surface area contributed by atoms with Crippen LogP contribution in [0.5, 0.6) is 11.5 Å². The van der Waals surface area contributed by atoms with E-state index in [1.54, 1.807) is 12.1 Å². The van der Waals surface area contributed by atoms with E-state index < -0.39 is 5.97 Å². The first-order chi connectivity index (χ1) is 10.2. The SMILES string of the molecule is O=C(COc1ccccc1)OCCOc1ccc(Br)cc1. The van der Waals surface area contributed by atoms with Crippen molar-refractivity contribution in [3.05, 3.63) is 59.1 Å². The molecule has 110 valence electrons. The van der Waals surface area contributed by atoms with Crippen LogP contribution in [0.4, 0.5) is 0 Å². The van der Waals surface area contributed by atoms with Gasteiger partial charge in [-0.3, -0.25) is 0 Å². The lowest BCUT2D eigenvalue weighted by Crippen LogP contribution is -2.18. The number of carbonyl (C=O) groups excluding carboxylic acids is 1. The molecule has 0 atom stereocenters. The van der Waals surface area contributed by atoms with Gasteiger partial charge in [0.15, 0.2) is 6.61 Å². The van der Waals surface area contributed by atoms with Gasteiger partial charge in [-0.2, -0.15) is 0 Å². The molecule has 0 fully saturated rings. The zero-order valence-electron chi connectivity index (χ0n) is 11.3. The minimum absolute atomic E-state index is 0.109. The molecule has 2 rings (SSSR count). The Morgan fingerprint density at radius 3 is 2.24 bits per heavy atom. The smallest absolute Gasteiger partial charge is 0.344 e. The highest BCUT2D eigenvalue weighted by molar-refractivity contribution is 9.10. The summed E-state index contributed by atoms with van der Waals surface area (Å²) in [5.41, 5.74) is 0. The van der Waals surface area contributed by atoms with Crippen molar-refractivity contribution < 1.29 is 19.0 Å². The zero-order valence-corrected chi connectivity index (χ0v) is 12.9. The van der Waals surface area contributed by atoms with E-state index in [1.165, 1.54) is 0 Å². The number of hydrogen-bond acceptors (Lipinski definition) is 4. The molecule has 0 aliphatic carbocycles. The fraction of sp³-hybridized carbons (Fsp3) is 0.188. The highest BCUT2D eigenvalue weighted by Crippen LogP contribution is 2.15. The van der Waals surface area contributed by atoms with Crippen molar-refractivity contribution in [3.63, 3.8) is 0 Å². The van der Waals surface area contributed by atoms with Crippen LogP contribution in [0.25, 0.3) is 0 Å². The van der Waals surface area contributed by atoms with Gasteiger partial charge in [-0.05, 0) is 36.4 Å². The summed E-state index contributed by atoms with van der Waals surface area (Å²) in [6.07, 6.45) is 0. The van der Waals surface area contributed by atoms with Crippen molar-refractivity contribution in [1.82, 2.24) is 0 Å². The van der Waals surface area contributed by atoms with Crippen LogP contribution in [0.1, 0.15) is 0 Å². The minimum atomic E-state index is -0.418. The number of hydrogen-bond donors (Lipinski definition) is 0. The van der Waals surface area contributed by atoms with Crippen LogP contribution in [0.2, 0.25) is 0 Å². The maximum absolute atomic E-state index is 11.5. The third-order valence-corrected chi connectivity index (χ3v) is 3.06. The molecule has 21 heavy (non-hydrogen) atoms. The molecule has 0 aromatic heterocycles. The van der Waals surface area contributed by atoms with Gasteiger partial charge in [-0.15, -0.1) is 0 Å². The van der Waals surface area contributed by atoms with E-state index in [0.717, 1.165) is 10.2 Å². The van der Waals surface area contributed by atoms with Crippen molar-refractivity contribution in [2.75, 3.05) is 19.8 Å². The Morgan fingerprint density at radius 2 is 1.52 bits per heavy atom. The number of benzene rings is 2. The van der Waals surface area contributed by atoms with E-state index in [2.05, 4.69) is 15.9 Å². The normalized spacial score (nSPS) is 9.95. The first-order valence-corrected chi connectivity index (χ1v) is 7.25. The topological polar surface area (TPSA) is 44.8 Å². The van der Waals surface area contributed by atoms with Gasteiger partial charge >= 0.3 is 5.97 Å². The molecule has 0 heterocycles. The van der Waals surface area contributed by atoms with Crippen molar-refractivity contribution in [2.45, 2.75) is 0 Å². The Labute approximate surface area is 131 Å². The molecule has 0 saturated heterocycles. The molecular formula is C16H15BrO4. The van der Waals surface area contributed by atoms with Crippen LogP contribution in [-0.2, 0) is 9.53 Å². The summed E-state index contributed by atoms with van der Waals surface area (Å²) in [6.45, 7) is 0.383. The standard InChI is InChI=1S/C16H15BrO4/c17-13-6-8-15(9-7-13)19-10-11-20-16(18)12-21-14-4-2-1-3-5-14/h1-9H,10-12H2. The predicted molar refractivity (Wildman–Crippen MR) is 82.5 cm³/mol.